The van der Waals surface area contributed by atoms with Crippen molar-refractivity contribution in [3.8, 4) is 0 Å². The topological polar surface area (TPSA) is 37.8 Å². The monoisotopic (exact) mass is 291 g/mol. The van der Waals surface area contributed by atoms with Gasteiger partial charge in [0.15, 0.2) is 0 Å². The van der Waals surface area contributed by atoms with E-state index in [1.807, 2.05) is 36.2 Å². The number of aromatic nitrogens is 2. The third-order valence-corrected chi connectivity index (χ3v) is 4.25. The minimum atomic E-state index is 0.476. The number of nitrogens with zero attached hydrogens (tertiary/aromatic N) is 2. The van der Waals surface area contributed by atoms with Crippen molar-refractivity contribution in [2.45, 2.75) is 22.1 Å². The quantitative estimate of drug-likeness (QED) is 0.820. The molecule has 0 amide bonds. The molecule has 19 heavy (non-hydrogen) atoms. The van der Waals surface area contributed by atoms with E-state index in [0.717, 1.165) is 17.4 Å². The number of hydrogen-bond donors (Lipinski definition) is 1. The van der Waals surface area contributed by atoms with Crippen molar-refractivity contribution in [3.05, 3.63) is 42.5 Å². The molecule has 0 aliphatic heterocycles. The van der Waals surface area contributed by atoms with Crippen LogP contribution in [0, 0.1) is 0 Å². The summed E-state index contributed by atoms with van der Waals surface area (Å²) in [7, 11) is 0. The van der Waals surface area contributed by atoms with E-state index in [0.29, 0.717) is 5.25 Å². The molecule has 5 heteroatoms. The molecule has 3 nitrogen and oxygen atoms in total. The summed E-state index contributed by atoms with van der Waals surface area (Å²) in [5.41, 5.74) is 0. The van der Waals surface area contributed by atoms with Crippen LogP contribution >= 0.6 is 23.5 Å². The van der Waals surface area contributed by atoms with Crippen LogP contribution in [0.3, 0.4) is 0 Å². The van der Waals surface area contributed by atoms with Gasteiger partial charge in [-0.15, -0.1) is 33.7 Å². The molecule has 1 unspecified atom stereocenters. The molecule has 1 heterocycles. The summed E-state index contributed by atoms with van der Waals surface area (Å²) in [6.07, 6.45) is 2.00. The van der Waals surface area contributed by atoms with Gasteiger partial charge in [0.25, 0.3) is 0 Å². The molecule has 0 aliphatic rings. The summed E-state index contributed by atoms with van der Waals surface area (Å²) in [6, 6.07) is 14.4. The number of thioether (sulfide) groups is 2. The van der Waals surface area contributed by atoms with Crippen LogP contribution in [0.1, 0.15) is 6.92 Å². The second-order valence-corrected chi connectivity index (χ2v) is 6.42. The van der Waals surface area contributed by atoms with E-state index in [2.05, 4.69) is 46.7 Å². The Kier molecular flexibility index (Phi) is 5.54. The molecule has 1 aromatic heterocycles. The van der Waals surface area contributed by atoms with E-state index >= 15 is 0 Å². The van der Waals surface area contributed by atoms with Gasteiger partial charge in [-0.3, -0.25) is 0 Å². The van der Waals surface area contributed by atoms with Crippen LogP contribution in [0.2, 0.25) is 0 Å². The highest BCUT2D eigenvalue weighted by molar-refractivity contribution is 8.00. The lowest BCUT2D eigenvalue weighted by Crippen LogP contribution is -2.14. The summed E-state index contributed by atoms with van der Waals surface area (Å²) >= 11 is 3.45. The molecule has 100 valence electrons. The van der Waals surface area contributed by atoms with Crippen molar-refractivity contribution in [2.24, 2.45) is 0 Å². The van der Waals surface area contributed by atoms with Crippen LogP contribution < -0.4 is 5.32 Å². The third-order valence-electron chi connectivity index (χ3n) is 2.50. The Labute approximate surface area is 122 Å². The lowest BCUT2D eigenvalue weighted by atomic mass is 10.4. The van der Waals surface area contributed by atoms with Gasteiger partial charge in [-0.1, -0.05) is 25.1 Å². The van der Waals surface area contributed by atoms with Gasteiger partial charge in [0.05, 0.1) is 0 Å². The second kappa shape index (κ2) is 7.40. The van der Waals surface area contributed by atoms with Gasteiger partial charge in [-0.2, -0.15) is 0 Å². The molecule has 1 atom stereocenters. The Morgan fingerprint density at radius 1 is 1.11 bits per heavy atom. The summed E-state index contributed by atoms with van der Waals surface area (Å²) < 4.78 is 0. The second-order valence-electron chi connectivity index (χ2n) is 4.08. The first-order valence-corrected chi connectivity index (χ1v) is 8.21. The van der Waals surface area contributed by atoms with Crippen LogP contribution in [0.4, 0.5) is 5.82 Å². The molecule has 0 bridgehead atoms. The molecular formula is C14H17N3S2. The highest BCUT2D eigenvalue weighted by Gasteiger charge is 2.04. The zero-order valence-corrected chi connectivity index (χ0v) is 12.7. The highest BCUT2D eigenvalue weighted by atomic mass is 32.2. The maximum atomic E-state index is 4.14. The predicted octanol–water partition coefficient (Wildman–Crippen LogP) is 3.79. The molecule has 0 saturated heterocycles. The average Bonchev–Trinajstić information content (AvgIpc) is 2.47. The van der Waals surface area contributed by atoms with Crippen LogP contribution in [0.25, 0.3) is 0 Å². The Balaban J connectivity index is 1.81. The van der Waals surface area contributed by atoms with Gasteiger partial charge in [0, 0.05) is 16.7 Å². The van der Waals surface area contributed by atoms with Gasteiger partial charge < -0.3 is 5.32 Å². The number of hydrogen-bond acceptors (Lipinski definition) is 5. The molecule has 2 aromatic rings. The first-order valence-electron chi connectivity index (χ1n) is 6.11. The maximum Gasteiger partial charge on any atom is 0.148 e. The fourth-order valence-electron chi connectivity index (χ4n) is 1.54. The largest absolute Gasteiger partial charge is 0.367 e. The molecule has 0 saturated carbocycles. The van der Waals surface area contributed by atoms with Crippen molar-refractivity contribution >= 4 is 29.3 Å². The SMILES string of the molecule is CSc1ccc(NCC(C)Sc2ccccc2)nn1. The third kappa shape index (κ3) is 4.76. The summed E-state index contributed by atoms with van der Waals surface area (Å²) in [5.74, 6) is 0.832. The van der Waals surface area contributed by atoms with Crippen molar-refractivity contribution in [1.29, 1.82) is 0 Å². The lowest BCUT2D eigenvalue weighted by molar-refractivity contribution is 0.908. The van der Waals surface area contributed by atoms with Crippen molar-refractivity contribution in [3.63, 3.8) is 0 Å². The Hall–Kier alpha value is -1.20. The van der Waals surface area contributed by atoms with Gasteiger partial charge in [-0.05, 0) is 30.5 Å². The Morgan fingerprint density at radius 2 is 1.89 bits per heavy atom. The number of nitrogens with one attached hydrogen (secondary N) is 1. The molecule has 0 spiro atoms. The predicted molar refractivity (Wildman–Crippen MR) is 84.1 cm³/mol. The molecule has 0 radical (unpaired) electrons. The molecule has 2 rings (SSSR count). The van der Waals surface area contributed by atoms with E-state index in [9.17, 15) is 0 Å². The Morgan fingerprint density at radius 3 is 2.53 bits per heavy atom. The van der Waals surface area contributed by atoms with Crippen LogP contribution in [-0.2, 0) is 0 Å². The van der Waals surface area contributed by atoms with Gasteiger partial charge in [-0.25, -0.2) is 0 Å². The zero-order chi connectivity index (χ0) is 13.5. The van der Waals surface area contributed by atoms with E-state index in [-0.39, 0.29) is 0 Å². The lowest BCUT2D eigenvalue weighted by Gasteiger charge is -2.12. The van der Waals surface area contributed by atoms with Crippen molar-refractivity contribution in [2.75, 3.05) is 18.1 Å². The molecule has 0 aliphatic carbocycles. The number of benzene rings is 1. The van der Waals surface area contributed by atoms with Crippen LogP contribution in [0.15, 0.2) is 52.4 Å². The van der Waals surface area contributed by atoms with E-state index < -0.39 is 0 Å². The smallest absolute Gasteiger partial charge is 0.148 e. The van der Waals surface area contributed by atoms with Crippen molar-refractivity contribution < 1.29 is 0 Å². The van der Waals surface area contributed by atoms with Gasteiger partial charge in [0.1, 0.15) is 10.8 Å². The first-order chi connectivity index (χ1) is 9.28. The maximum absolute atomic E-state index is 4.14. The van der Waals surface area contributed by atoms with Crippen LogP contribution in [0.5, 0.6) is 0 Å². The van der Waals surface area contributed by atoms with Crippen LogP contribution in [-0.4, -0.2) is 28.2 Å². The minimum absolute atomic E-state index is 0.476. The standard InChI is InChI=1S/C14H17N3S2/c1-11(19-12-6-4-3-5-7-12)10-15-13-8-9-14(18-2)17-16-13/h3-9,11H,10H2,1-2H3,(H,15,16). The van der Waals surface area contributed by atoms with Gasteiger partial charge >= 0.3 is 0 Å². The average molecular weight is 291 g/mol. The van der Waals surface area contributed by atoms with E-state index in [1.54, 1.807) is 11.8 Å². The van der Waals surface area contributed by atoms with Gasteiger partial charge in [0.2, 0.25) is 0 Å². The van der Waals surface area contributed by atoms with Crippen molar-refractivity contribution in [1.82, 2.24) is 10.2 Å². The number of rotatable bonds is 6. The number of anilines is 1. The molecule has 0 fully saturated rings. The fraction of sp³-hybridized carbons (Fsp3) is 0.286. The first kappa shape index (κ1) is 14.2. The van der Waals surface area contributed by atoms with E-state index in [1.165, 1.54) is 4.90 Å². The molecule has 1 aromatic carbocycles. The normalized spacial score (nSPS) is 12.1. The highest BCUT2D eigenvalue weighted by Crippen LogP contribution is 2.22. The molecule has 1 N–H and O–H groups in total. The summed E-state index contributed by atoms with van der Waals surface area (Å²) in [5, 5.41) is 13.0. The molecular weight excluding hydrogens is 274 g/mol. The zero-order valence-electron chi connectivity index (χ0n) is 11.0. The minimum Gasteiger partial charge on any atom is -0.367 e. The fourth-order valence-corrected chi connectivity index (χ4v) is 2.82. The summed E-state index contributed by atoms with van der Waals surface area (Å²) in [4.78, 5) is 1.29. The summed E-state index contributed by atoms with van der Waals surface area (Å²) in [6.45, 7) is 3.07. The van der Waals surface area contributed by atoms with E-state index in [4.69, 9.17) is 0 Å². The Bertz CT molecular complexity index is 488.